The van der Waals surface area contributed by atoms with Crippen LogP contribution in [0.1, 0.15) is 15.2 Å². The molecule has 0 atom stereocenters. The smallest absolute Gasteiger partial charge is 0.345 e. The highest BCUT2D eigenvalue weighted by Gasteiger charge is 2.12. The van der Waals surface area contributed by atoms with E-state index in [2.05, 4.69) is 0 Å². The fourth-order valence-electron chi connectivity index (χ4n) is 1.30. The van der Waals surface area contributed by atoms with Gasteiger partial charge in [-0.1, -0.05) is 17.4 Å². The van der Waals surface area contributed by atoms with Crippen LogP contribution in [0.5, 0.6) is 10.8 Å². The Morgan fingerprint density at radius 3 is 2.78 bits per heavy atom. The third-order valence-electron chi connectivity index (χ3n) is 2.09. The lowest BCUT2D eigenvalue weighted by molar-refractivity contribution is 0.0702. The van der Waals surface area contributed by atoms with Gasteiger partial charge in [-0.05, 0) is 24.3 Å². The molecule has 1 heterocycles. The average molecular weight is 263 g/mol. The molecule has 0 spiro atoms. The van der Waals surface area contributed by atoms with Crippen molar-refractivity contribution in [3.05, 3.63) is 46.6 Å². The predicted molar refractivity (Wildman–Crippen MR) is 62.5 cm³/mol. The molecule has 4 nitrogen and oxygen atoms in total. The summed E-state index contributed by atoms with van der Waals surface area (Å²) < 4.78 is 18.6. The van der Waals surface area contributed by atoms with Crippen molar-refractivity contribution in [3.8, 4) is 16.9 Å². The van der Waals surface area contributed by atoms with Gasteiger partial charge in [0.25, 0.3) is 0 Å². The molecule has 0 aliphatic heterocycles. The number of aromatic carboxylic acids is 1. The second-order valence-corrected chi connectivity index (χ2v) is 4.30. The molecular weight excluding hydrogens is 257 g/mol. The van der Waals surface area contributed by atoms with Gasteiger partial charge in [0, 0.05) is 0 Å². The number of benzene rings is 1. The summed E-state index contributed by atoms with van der Waals surface area (Å²) in [6.45, 7) is 0. The summed E-state index contributed by atoms with van der Waals surface area (Å²) >= 11 is 0.907. The van der Waals surface area contributed by atoms with Crippen LogP contribution in [0.2, 0.25) is 0 Å². The lowest BCUT2D eigenvalue weighted by Gasteiger charge is -2.04. The van der Waals surface area contributed by atoms with E-state index in [0.29, 0.717) is 0 Å². The molecule has 2 aromatic rings. The molecule has 0 unspecified atom stereocenters. The molecule has 0 aliphatic rings. The fraction of sp³-hybridized carbons (Fsp3) is 0. The molecule has 1 N–H and O–H groups in total. The van der Waals surface area contributed by atoms with Crippen molar-refractivity contribution in [1.82, 2.24) is 0 Å². The number of halogens is 1. The SMILES string of the molecule is N#Cc1c(F)cccc1Oc1ccc(C(=O)O)s1. The second kappa shape index (κ2) is 4.85. The van der Waals surface area contributed by atoms with Crippen LogP contribution < -0.4 is 4.74 Å². The molecule has 0 fully saturated rings. The first-order valence-corrected chi connectivity index (χ1v) is 5.63. The maximum absolute atomic E-state index is 13.3. The van der Waals surface area contributed by atoms with Gasteiger partial charge < -0.3 is 9.84 Å². The predicted octanol–water partition coefficient (Wildman–Crippen LogP) is 3.25. The molecule has 18 heavy (non-hydrogen) atoms. The summed E-state index contributed by atoms with van der Waals surface area (Å²) in [5.74, 6) is -1.67. The molecule has 0 amide bonds. The zero-order valence-corrected chi connectivity index (χ0v) is 9.70. The zero-order chi connectivity index (χ0) is 13.1. The van der Waals surface area contributed by atoms with E-state index in [0.717, 1.165) is 17.4 Å². The van der Waals surface area contributed by atoms with E-state index in [-0.39, 0.29) is 21.3 Å². The van der Waals surface area contributed by atoms with Gasteiger partial charge in [-0.2, -0.15) is 5.26 Å². The van der Waals surface area contributed by atoms with Crippen molar-refractivity contribution in [2.45, 2.75) is 0 Å². The average Bonchev–Trinajstić information content (AvgIpc) is 2.78. The Kier molecular flexibility index (Phi) is 3.26. The monoisotopic (exact) mass is 263 g/mol. The number of thiophene rings is 1. The number of nitriles is 1. The maximum atomic E-state index is 13.3. The first kappa shape index (κ1) is 12.1. The number of carbonyl (C=O) groups is 1. The highest BCUT2D eigenvalue weighted by molar-refractivity contribution is 7.15. The normalized spacial score (nSPS) is 9.78. The number of hydrogen-bond donors (Lipinski definition) is 1. The lowest BCUT2D eigenvalue weighted by atomic mass is 10.2. The van der Waals surface area contributed by atoms with Crippen molar-refractivity contribution in [3.63, 3.8) is 0 Å². The molecule has 0 saturated carbocycles. The molecule has 0 bridgehead atoms. The molecule has 2 rings (SSSR count). The molecule has 0 radical (unpaired) electrons. The minimum atomic E-state index is -1.06. The summed E-state index contributed by atoms with van der Waals surface area (Å²) in [6, 6.07) is 8.56. The van der Waals surface area contributed by atoms with E-state index in [1.807, 2.05) is 0 Å². The Balaban J connectivity index is 2.31. The molecular formula is C12H6FNO3S. The highest BCUT2D eigenvalue weighted by atomic mass is 32.1. The first-order valence-electron chi connectivity index (χ1n) is 4.81. The van der Waals surface area contributed by atoms with E-state index in [9.17, 15) is 9.18 Å². The van der Waals surface area contributed by atoms with Crippen molar-refractivity contribution >= 4 is 17.3 Å². The van der Waals surface area contributed by atoms with Crippen molar-refractivity contribution in [1.29, 1.82) is 5.26 Å². The summed E-state index contributed by atoms with van der Waals surface area (Å²) in [6.07, 6.45) is 0. The molecule has 90 valence electrons. The Hall–Kier alpha value is -2.39. The van der Waals surface area contributed by atoms with Gasteiger partial charge >= 0.3 is 5.97 Å². The largest absolute Gasteiger partial charge is 0.477 e. The minimum absolute atomic E-state index is 0.0660. The number of carboxylic acids is 1. The number of ether oxygens (including phenoxy) is 1. The molecule has 6 heteroatoms. The van der Waals surface area contributed by atoms with Gasteiger partial charge in [0.15, 0.2) is 5.06 Å². The Morgan fingerprint density at radius 1 is 1.39 bits per heavy atom. The number of rotatable bonds is 3. The third kappa shape index (κ3) is 2.31. The minimum Gasteiger partial charge on any atom is -0.477 e. The standard InChI is InChI=1S/C12H6FNO3S/c13-8-2-1-3-9(7(8)6-14)17-11-5-4-10(18-11)12(15)16/h1-5H,(H,15,16). The van der Waals surface area contributed by atoms with Crippen LogP contribution in [0.4, 0.5) is 4.39 Å². The van der Waals surface area contributed by atoms with E-state index in [4.69, 9.17) is 15.1 Å². The fourth-order valence-corrected chi connectivity index (χ4v) is 2.00. The van der Waals surface area contributed by atoms with Crippen LogP contribution in [0.3, 0.4) is 0 Å². The number of carboxylic acid groups (broad SMARTS) is 1. The summed E-state index contributed by atoms with van der Waals surface area (Å²) in [7, 11) is 0. The van der Waals surface area contributed by atoms with Crippen LogP contribution in [-0.4, -0.2) is 11.1 Å². The molecule has 0 aliphatic carbocycles. The van der Waals surface area contributed by atoms with Gasteiger partial charge in [0.2, 0.25) is 0 Å². The van der Waals surface area contributed by atoms with E-state index >= 15 is 0 Å². The van der Waals surface area contributed by atoms with Gasteiger partial charge in [0.05, 0.1) is 0 Å². The second-order valence-electron chi connectivity index (χ2n) is 3.25. The van der Waals surface area contributed by atoms with E-state index < -0.39 is 11.8 Å². The van der Waals surface area contributed by atoms with Crippen LogP contribution in [0.15, 0.2) is 30.3 Å². The van der Waals surface area contributed by atoms with E-state index in [1.54, 1.807) is 6.07 Å². The summed E-state index contributed by atoms with van der Waals surface area (Å²) in [4.78, 5) is 10.8. The van der Waals surface area contributed by atoms with Crippen LogP contribution in [0, 0.1) is 17.1 Å². The van der Waals surface area contributed by atoms with Crippen molar-refractivity contribution in [2.75, 3.05) is 0 Å². The third-order valence-corrected chi connectivity index (χ3v) is 3.04. The Bertz CT molecular complexity index is 645. The lowest BCUT2D eigenvalue weighted by Crippen LogP contribution is -1.90. The van der Waals surface area contributed by atoms with Crippen LogP contribution in [0.25, 0.3) is 0 Å². The van der Waals surface area contributed by atoms with Gasteiger partial charge in [-0.15, -0.1) is 0 Å². The number of hydrogen-bond acceptors (Lipinski definition) is 4. The number of nitrogens with zero attached hydrogens (tertiary/aromatic N) is 1. The van der Waals surface area contributed by atoms with Gasteiger partial charge in [-0.3, -0.25) is 0 Å². The van der Waals surface area contributed by atoms with Crippen molar-refractivity contribution < 1.29 is 19.0 Å². The Morgan fingerprint density at radius 2 is 2.17 bits per heavy atom. The zero-order valence-electron chi connectivity index (χ0n) is 8.88. The van der Waals surface area contributed by atoms with E-state index in [1.165, 1.54) is 24.3 Å². The van der Waals surface area contributed by atoms with Gasteiger partial charge in [0.1, 0.15) is 28.1 Å². The highest BCUT2D eigenvalue weighted by Crippen LogP contribution is 2.31. The summed E-state index contributed by atoms with van der Waals surface area (Å²) in [5.41, 5.74) is -0.206. The molecule has 0 saturated heterocycles. The summed E-state index contributed by atoms with van der Waals surface area (Å²) in [5, 5.41) is 17.8. The quantitative estimate of drug-likeness (QED) is 0.922. The maximum Gasteiger partial charge on any atom is 0.345 e. The molecule has 1 aromatic heterocycles. The van der Waals surface area contributed by atoms with Crippen LogP contribution in [-0.2, 0) is 0 Å². The topological polar surface area (TPSA) is 70.3 Å². The first-order chi connectivity index (χ1) is 8.61. The van der Waals surface area contributed by atoms with Gasteiger partial charge in [-0.25, -0.2) is 9.18 Å². The Labute approximate surface area is 105 Å². The van der Waals surface area contributed by atoms with Crippen molar-refractivity contribution in [2.24, 2.45) is 0 Å². The van der Waals surface area contributed by atoms with Crippen LogP contribution >= 0.6 is 11.3 Å². The molecule has 1 aromatic carbocycles.